The van der Waals surface area contributed by atoms with Crippen LogP contribution in [0.5, 0.6) is 0 Å². The second-order valence-electron chi connectivity index (χ2n) is 5.34. The summed E-state index contributed by atoms with van der Waals surface area (Å²) in [5, 5.41) is 10.8. The zero-order chi connectivity index (χ0) is 16.8. The summed E-state index contributed by atoms with van der Waals surface area (Å²) in [5.74, 6) is 0. The van der Waals surface area contributed by atoms with Crippen LogP contribution in [0.25, 0.3) is 0 Å². The highest BCUT2D eigenvalue weighted by atomic mass is 32.1. The molecule has 0 spiro atoms. The fourth-order valence-electron chi connectivity index (χ4n) is 2.41. The Morgan fingerprint density at radius 1 is 1.17 bits per heavy atom. The highest BCUT2D eigenvalue weighted by molar-refractivity contribution is 7.71. The van der Waals surface area contributed by atoms with Crippen LogP contribution in [0.1, 0.15) is 18.1 Å². The van der Waals surface area contributed by atoms with E-state index in [9.17, 15) is 0 Å². The predicted octanol–water partition coefficient (Wildman–Crippen LogP) is 3.85. The number of nitrogens with one attached hydrogen (secondary N) is 1. The second-order valence-corrected chi connectivity index (χ2v) is 5.73. The molecule has 0 radical (unpaired) electrons. The van der Waals surface area contributed by atoms with E-state index in [0.29, 0.717) is 4.77 Å². The van der Waals surface area contributed by atoms with Gasteiger partial charge < -0.3 is 4.90 Å². The number of aromatic amines is 1. The van der Waals surface area contributed by atoms with Gasteiger partial charge in [0.2, 0.25) is 4.77 Å². The van der Waals surface area contributed by atoms with Gasteiger partial charge in [-0.05, 0) is 42.4 Å². The van der Waals surface area contributed by atoms with Gasteiger partial charge in [-0.3, -0.25) is 5.10 Å². The zero-order valence-electron chi connectivity index (χ0n) is 13.5. The van der Waals surface area contributed by atoms with Crippen molar-refractivity contribution in [1.82, 2.24) is 14.9 Å². The van der Waals surface area contributed by atoms with Gasteiger partial charge in [-0.2, -0.15) is 14.9 Å². The molecule has 6 heteroatoms. The highest BCUT2D eigenvalue weighted by Gasteiger charge is 2.05. The maximum atomic E-state index is 5.06. The standard InChI is InChI=1S/C18H19N5S/c1-2-22(13-16-6-4-3-5-7-16)17-10-8-15(9-11-17)12-20-23-14-19-21-18(23)24/h3-12,14H,2,13H2,1H3,(H,21,24)/b20-12-. The second kappa shape index (κ2) is 7.70. The first kappa shape index (κ1) is 16.1. The van der Waals surface area contributed by atoms with E-state index in [-0.39, 0.29) is 0 Å². The fourth-order valence-corrected chi connectivity index (χ4v) is 2.56. The molecule has 5 nitrogen and oxygen atoms in total. The lowest BCUT2D eigenvalue weighted by molar-refractivity contribution is 0.832. The predicted molar refractivity (Wildman–Crippen MR) is 100 cm³/mol. The quantitative estimate of drug-likeness (QED) is 0.549. The molecule has 1 heterocycles. The van der Waals surface area contributed by atoms with Crippen LogP contribution in [0.15, 0.2) is 66.0 Å². The van der Waals surface area contributed by atoms with Gasteiger partial charge in [0.15, 0.2) is 0 Å². The van der Waals surface area contributed by atoms with Gasteiger partial charge >= 0.3 is 0 Å². The molecule has 0 aliphatic carbocycles. The minimum atomic E-state index is 0.475. The molecular formula is C18H19N5S. The van der Waals surface area contributed by atoms with Crippen LogP contribution in [0.4, 0.5) is 5.69 Å². The van der Waals surface area contributed by atoms with E-state index in [0.717, 1.165) is 18.7 Å². The van der Waals surface area contributed by atoms with Crippen LogP contribution >= 0.6 is 12.2 Å². The third-order valence-corrected chi connectivity index (χ3v) is 4.00. The Hall–Kier alpha value is -2.73. The van der Waals surface area contributed by atoms with Crippen molar-refractivity contribution in [3.8, 4) is 0 Å². The molecule has 1 aromatic heterocycles. The number of H-pyrrole nitrogens is 1. The molecule has 0 saturated heterocycles. The van der Waals surface area contributed by atoms with Crippen LogP contribution in [-0.4, -0.2) is 27.6 Å². The number of rotatable bonds is 6. The van der Waals surface area contributed by atoms with Crippen molar-refractivity contribution in [3.05, 3.63) is 76.8 Å². The van der Waals surface area contributed by atoms with Crippen LogP contribution in [0, 0.1) is 4.77 Å². The Morgan fingerprint density at radius 2 is 1.92 bits per heavy atom. The van der Waals surface area contributed by atoms with Gasteiger partial charge in [-0.25, -0.2) is 0 Å². The molecule has 0 unspecified atom stereocenters. The Labute approximate surface area is 146 Å². The molecule has 1 N–H and O–H groups in total. The van der Waals surface area contributed by atoms with Crippen LogP contribution in [-0.2, 0) is 6.54 Å². The largest absolute Gasteiger partial charge is 0.367 e. The first-order chi connectivity index (χ1) is 11.8. The van der Waals surface area contributed by atoms with E-state index in [4.69, 9.17) is 12.2 Å². The van der Waals surface area contributed by atoms with Crippen LogP contribution in [0.3, 0.4) is 0 Å². The first-order valence-corrected chi connectivity index (χ1v) is 8.22. The number of nitrogens with zero attached hydrogens (tertiary/aromatic N) is 4. The molecule has 3 aromatic rings. The maximum absolute atomic E-state index is 5.06. The molecule has 0 aliphatic rings. The van der Waals surface area contributed by atoms with Crippen molar-refractivity contribution in [2.75, 3.05) is 11.4 Å². The summed E-state index contributed by atoms with van der Waals surface area (Å²) in [6.45, 7) is 4.01. The maximum Gasteiger partial charge on any atom is 0.216 e. The van der Waals surface area contributed by atoms with Crippen molar-refractivity contribution >= 4 is 24.1 Å². The average molecular weight is 337 g/mol. The minimum Gasteiger partial charge on any atom is -0.367 e. The number of anilines is 1. The summed E-state index contributed by atoms with van der Waals surface area (Å²) in [7, 11) is 0. The number of aromatic nitrogens is 3. The van der Waals surface area contributed by atoms with Crippen molar-refractivity contribution in [2.24, 2.45) is 5.10 Å². The Morgan fingerprint density at radius 3 is 2.54 bits per heavy atom. The van der Waals surface area contributed by atoms with Gasteiger partial charge in [-0.1, -0.05) is 42.5 Å². The molecule has 122 valence electrons. The monoisotopic (exact) mass is 337 g/mol. The molecule has 0 amide bonds. The normalized spacial score (nSPS) is 11.0. The SMILES string of the molecule is CCN(Cc1ccccc1)c1ccc(/C=N\n2cn[nH]c2=S)cc1. The average Bonchev–Trinajstić information content (AvgIpc) is 3.04. The van der Waals surface area contributed by atoms with Crippen LogP contribution in [0.2, 0.25) is 0 Å². The van der Waals surface area contributed by atoms with E-state index < -0.39 is 0 Å². The summed E-state index contributed by atoms with van der Waals surface area (Å²) in [6.07, 6.45) is 3.31. The molecule has 0 bridgehead atoms. The minimum absolute atomic E-state index is 0.475. The van der Waals surface area contributed by atoms with E-state index in [1.54, 1.807) is 12.5 Å². The Balaban J connectivity index is 1.72. The highest BCUT2D eigenvalue weighted by Crippen LogP contribution is 2.17. The summed E-state index contributed by atoms with van der Waals surface area (Å²) >= 11 is 5.06. The number of benzene rings is 2. The van der Waals surface area contributed by atoms with Gasteiger partial charge in [-0.15, -0.1) is 0 Å². The smallest absolute Gasteiger partial charge is 0.216 e. The summed E-state index contributed by atoms with van der Waals surface area (Å²) in [5.41, 5.74) is 3.51. The molecule has 0 fully saturated rings. The molecule has 0 saturated carbocycles. The van der Waals surface area contributed by atoms with Gasteiger partial charge in [0, 0.05) is 18.8 Å². The number of hydrogen-bond donors (Lipinski definition) is 1. The molecular weight excluding hydrogens is 318 g/mol. The van der Waals surface area contributed by atoms with E-state index in [1.165, 1.54) is 15.9 Å². The molecule has 0 atom stereocenters. The molecule has 24 heavy (non-hydrogen) atoms. The zero-order valence-corrected chi connectivity index (χ0v) is 14.3. The topological polar surface area (TPSA) is 49.2 Å². The summed E-state index contributed by atoms with van der Waals surface area (Å²) in [6, 6.07) is 18.8. The van der Waals surface area contributed by atoms with Crippen molar-refractivity contribution < 1.29 is 0 Å². The Bertz CT molecular complexity index is 849. The molecule has 2 aromatic carbocycles. The third kappa shape index (κ3) is 3.97. The van der Waals surface area contributed by atoms with Crippen LogP contribution < -0.4 is 4.90 Å². The van der Waals surface area contributed by atoms with Crippen molar-refractivity contribution in [3.63, 3.8) is 0 Å². The van der Waals surface area contributed by atoms with Gasteiger partial charge in [0.1, 0.15) is 6.33 Å². The number of hydrogen-bond acceptors (Lipinski definition) is 4. The lowest BCUT2D eigenvalue weighted by Gasteiger charge is -2.23. The van der Waals surface area contributed by atoms with E-state index in [2.05, 4.69) is 75.7 Å². The first-order valence-electron chi connectivity index (χ1n) is 7.81. The van der Waals surface area contributed by atoms with Crippen molar-refractivity contribution in [1.29, 1.82) is 0 Å². The molecule has 3 rings (SSSR count). The lowest BCUT2D eigenvalue weighted by atomic mass is 10.1. The summed E-state index contributed by atoms with van der Waals surface area (Å²) < 4.78 is 2.00. The lowest BCUT2D eigenvalue weighted by Crippen LogP contribution is -2.21. The Kier molecular flexibility index (Phi) is 5.18. The fraction of sp³-hybridized carbons (Fsp3) is 0.167. The third-order valence-electron chi connectivity index (χ3n) is 3.72. The van der Waals surface area contributed by atoms with E-state index in [1.807, 2.05) is 6.07 Å². The molecule has 0 aliphatic heterocycles. The summed E-state index contributed by atoms with van der Waals surface area (Å²) in [4.78, 5) is 2.34. The van der Waals surface area contributed by atoms with E-state index >= 15 is 0 Å². The van der Waals surface area contributed by atoms with Crippen molar-refractivity contribution in [2.45, 2.75) is 13.5 Å². The van der Waals surface area contributed by atoms with Gasteiger partial charge in [0.05, 0.1) is 6.21 Å². The van der Waals surface area contributed by atoms with Gasteiger partial charge in [0.25, 0.3) is 0 Å².